The van der Waals surface area contributed by atoms with Crippen LogP contribution >= 0.6 is 0 Å². The number of nitrogens with one attached hydrogen (secondary N) is 1. The summed E-state index contributed by atoms with van der Waals surface area (Å²) < 4.78 is 6.22. The van der Waals surface area contributed by atoms with E-state index >= 15 is 0 Å². The Bertz CT molecular complexity index is 1070. The highest BCUT2D eigenvalue weighted by Gasteiger charge is 2.23. The number of rotatable bonds is 6. The van der Waals surface area contributed by atoms with Gasteiger partial charge in [0, 0.05) is 57.9 Å². The molecule has 1 fully saturated rings. The van der Waals surface area contributed by atoms with Gasteiger partial charge in [0.1, 0.15) is 11.4 Å². The van der Waals surface area contributed by atoms with Crippen LogP contribution in [0.15, 0.2) is 24.4 Å². The van der Waals surface area contributed by atoms with Crippen LogP contribution in [0.2, 0.25) is 0 Å². The number of fused-ring (bicyclic) bond motifs is 1. The summed E-state index contributed by atoms with van der Waals surface area (Å²) in [7, 11) is 8.16. The fourth-order valence-electron chi connectivity index (χ4n) is 5.08. The van der Waals surface area contributed by atoms with E-state index in [0.717, 1.165) is 74.7 Å². The largest absolute Gasteiger partial charge is 0.489 e. The van der Waals surface area contributed by atoms with Crippen LogP contribution in [0.3, 0.4) is 0 Å². The molecule has 2 aliphatic rings. The summed E-state index contributed by atoms with van der Waals surface area (Å²) in [6, 6.07) is 6.96. The van der Waals surface area contributed by atoms with Crippen LogP contribution in [0.5, 0.6) is 5.75 Å². The van der Waals surface area contributed by atoms with Gasteiger partial charge in [0.2, 0.25) is 11.9 Å². The molecule has 202 valence electrons. The molecule has 4 rings (SSSR count). The van der Waals surface area contributed by atoms with Crippen molar-refractivity contribution in [3.63, 3.8) is 0 Å². The highest BCUT2D eigenvalue weighted by Crippen LogP contribution is 2.35. The van der Waals surface area contributed by atoms with Crippen LogP contribution < -0.4 is 24.8 Å². The second-order valence-corrected chi connectivity index (χ2v) is 10.7. The van der Waals surface area contributed by atoms with E-state index in [2.05, 4.69) is 57.3 Å². The second-order valence-electron chi connectivity index (χ2n) is 10.7. The molecule has 0 aliphatic carbocycles. The lowest BCUT2D eigenvalue weighted by Gasteiger charge is -2.36. The van der Waals surface area contributed by atoms with Crippen LogP contribution in [-0.4, -0.2) is 80.7 Å². The van der Waals surface area contributed by atoms with Crippen LogP contribution in [-0.2, 0) is 4.79 Å². The Kier molecular flexibility index (Phi) is 8.74. The van der Waals surface area contributed by atoms with Crippen molar-refractivity contribution < 1.29 is 9.53 Å². The zero-order chi connectivity index (χ0) is 26.5. The Hall–Kier alpha value is -3.07. The molecule has 1 N–H and O–H groups in total. The molecule has 9 nitrogen and oxygen atoms in total. The van der Waals surface area contributed by atoms with Gasteiger partial charge in [0.15, 0.2) is 5.82 Å². The maximum atomic E-state index is 12.7. The van der Waals surface area contributed by atoms with Crippen LogP contribution in [0.4, 0.5) is 28.8 Å². The van der Waals surface area contributed by atoms with E-state index in [1.807, 2.05) is 27.9 Å². The van der Waals surface area contributed by atoms with Gasteiger partial charge in [-0.2, -0.15) is 4.98 Å². The molecule has 37 heavy (non-hydrogen) atoms. The van der Waals surface area contributed by atoms with E-state index in [4.69, 9.17) is 9.72 Å². The van der Waals surface area contributed by atoms with Gasteiger partial charge in [-0.05, 0) is 65.8 Å². The number of anilines is 5. The molecule has 0 atom stereocenters. The predicted octanol–water partition coefficient (Wildman–Crippen LogP) is 4.51. The van der Waals surface area contributed by atoms with Crippen molar-refractivity contribution in [3.05, 3.63) is 24.4 Å². The van der Waals surface area contributed by atoms with Crippen molar-refractivity contribution in [3.8, 4) is 5.75 Å². The molecule has 0 spiro atoms. The Balaban J connectivity index is 1.59. The molecule has 0 saturated carbocycles. The summed E-state index contributed by atoms with van der Waals surface area (Å²) in [5.74, 6) is 2.11. The van der Waals surface area contributed by atoms with Crippen LogP contribution in [0.25, 0.3) is 0 Å². The monoisotopic (exact) mass is 509 g/mol. The van der Waals surface area contributed by atoms with E-state index in [-0.39, 0.29) is 12.0 Å². The van der Waals surface area contributed by atoms with E-state index < -0.39 is 0 Å². The summed E-state index contributed by atoms with van der Waals surface area (Å²) in [6.45, 7) is 7.02. The first-order valence-corrected chi connectivity index (χ1v) is 13.6. The number of aromatic nitrogens is 2. The highest BCUT2D eigenvalue weighted by atomic mass is 16.5. The van der Waals surface area contributed by atoms with E-state index in [9.17, 15) is 4.79 Å². The number of piperidine rings is 1. The fourth-order valence-corrected chi connectivity index (χ4v) is 5.08. The van der Waals surface area contributed by atoms with Crippen LogP contribution in [0.1, 0.15) is 52.4 Å². The number of hydrogen-bond donors (Lipinski definition) is 1. The van der Waals surface area contributed by atoms with Gasteiger partial charge >= 0.3 is 0 Å². The molecule has 1 amide bonds. The molecule has 1 aromatic carbocycles. The van der Waals surface area contributed by atoms with Crippen molar-refractivity contribution in [2.24, 2.45) is 0 Å². The lowest BCUT2D eigenvalue weighted by Crippen LogP contribution is -2.42. The quantitative estimate of drug-likeness (QED) is 0.610. The molecule has 2 aromatic rings. The third kappa shape index (κ3) is 6.63. The van der Waals surface area contributed by atoms with Crippen molar-refractivity contribution in [1.82, 2.24) is 14.9 Å². The molecule has 2 aliphatic heterocycles. The van der Waals surface area contributed by atoms with Gasteiger partial charge in [-0.1, -0.05) is 6.42 Å². The van der Waals surface area contributed by atoms with Crippen molar-refractivity contribution >= 4 is 34.7 Å². The average molecular weight is 510 g/mol. The molecule has 0 bridgehead atoms. The highest BCUT2D eigenvalue weighted by molar-refractivity contribution is 5.95. The third-order valence-corrected chi connectivity index (χ3v) is 7.37. The Morgan fingerprint density at radius 1 is 1.08 bits per heavy atom. The zero-order valence-corrected chi connectivity index (χ0v) is 23.3. The van der Waals surface area contributed by atoms with Crippen molar-refractivity contribution in [2.45, 2.75) is 64.5 Å². The first-order chi connectivity index (χ1) is 17.7. The molecule has 1 saturated heterocycles. The maximum absolute atomic E-state index is 12.7. The standard InChI is InChI=1S/C28H43N7O2/c1-20(2)37-25-18-22(35-16-13-21(14-17-35)32(3)4)11-12-23(25)30-28-29-19-24-27(31-28)33(5)15-9-7-8-10-26(36)34(24)6/h11-12,18-21H,7-10,13-17H2,1-6H3,(H,29,30,31). The van der Waals surface area contributed by atoms with Gasteiger partial charge in [0.25, 0.3) is 0 Å². The van der Waals surface area contributed by atoms with Crippen molar-refractivity contribution in [1.29, 1.82) is 0 Å². The molecule has 9 heteroatoms. The van der Waals surface area contributed by atoms with Crippen LogP contribution in [0, 0.1) is 0 Å². The van der Waals surface area contributed by atoms with Gasteiger partial charge < -0.3 is 29.7 Å². The summed E-state index contributed by atoms with van der Waals surface area (Å²) in [5, 5.41) is 3.39. The number of nitrogens with zero attached hydrogens (tertiary/aromatic N) is 6. The molecule has 0 unspecified atom stereocenters. The normalized spacial score (nSPS) is 17.8. The summed E-state index contributed by atoms with van der Waals surface area (Å²) in [4.78, 5) is 30.6. The Morgan fingerprint density at radius 3 is 2.54 bits per heavy atom. The lowest BCUT2D eigenvalue weighted by atomic mass is 10.0. The number of hydrogen-bond acceptors (Lipinski definition) is 8. The molecule has 0 radical (unpaired) electrons. The van der Waals surface area contributed by atoms with Crippen molar-refractivity contribution in [2.75, 3.05) is 67.8 Å². The Labute approximate surface area is 221 Å². The first-order valence-electron chi connectivity index (χ1n) is 13.6. The minimum atomic E-state index is 0.0328. The number of carbonyl (C=O) groups excluding carboxylic acids is 1. The van der Waals surface area contributed by atoms with Gasteiger partial charge in [-0.3, -0.25) is 4.79 Å². The summed E-state index contributed by atoms with van der Waals surface area (Å²) in [6.07, 6.45) is 7.60. The SMILES string of the molecule is CC(C)Oc1cc(N2CCC(N(C)C)CC2)ccc1Nc1ncc2c(n1)N(C)CCCCCC(=O)N2C. The van der Waals surface area contributed by atoms with E-state index in [1.165, 1.54) is 5.69 Å². The minimum Gasteiger partial charge on any atom is -0.489 e. The number of amides is 1. The van der Waals surface area contributed by atoms with E-state index in [1.54, 1.807) is 11.1 Å². The summed E-state index contributed by atoms with van der Waals surface area (Å²) in [5.41, 5.74) is 2.73. The molecular weight excluding hydrogens is 466 g/mol. The molecular formula is C28H43N7O2. The number of benzene rings is 1. The maximum Gasteiger partial charge on any atom is 0.229 e. The van der Waals surface area contributed by atoms with Gasteiger partial charge in [0.05, 0.1) is 18.0 Å². The lowest BCUT2D eigenvalue weighted by molar-refractivity contribution is -0.118. The number of carbonyl (C=O) groups is 1. The predicted molar refractivity (Wildman–Crippen MR) is 152 cm³/mol. The average Bonchev–Trinajstić information content (AvgIpc) is 2.88. The van der Waals surface area contributed by atoms with Gasteiger partial charge in [-0.15, -0.1) is 0 Å². The molecule has 1 aromatic heterocycles. The van der Waals surface area contributed by atoms with Gasteiger partial charge in [-0.25, -0.2) is 4.98 Å². The van der Waals surface area contributed by atoms with E-state index in [0.29, 0.717) is 18.4 Å². The minimum absolute atomic E-state index is 0.0328. The first kappa shape index (κ1) is 27.0. The topological polar surface area (TPSA) is 77.1 Å². The number of ether oxygens (including phenoxy) is 1. The molecule has 3 heterocycles. The zero-order valence-electron chi connectivity index (χ0n) is 23.3. The Morgan fingerprint density at radius 2 is 1.84 bits per heavy atom. The smallest absolute Gasteiger partial charge is 0.229 e. The fraction of sp³-hybridized carbons (Fsp3) is 0.607. The third-order valence-electron chi connectivity index (χ3n) is 7.37. The summed E-state index contributed by atoms with van der Waals surface area (Å²) >= 11 is 0. The second kappa shape index (κ2) is 12.0.